The number of halogens is 1. The van der Waals surface area contributed by atoms with Gasteiger partial charge in [0.05, 0.1) is 5.39 Å². The summed E-state index contributed by atoms with van der Waals surface area (Å²) in [6.07, 6.45) is 0. The Labute approximate surface area is 106 Å². The summed E-state index contributed by atoms with van der Waals surface area (Å²) >= 11 is 3.48. The van der Waals surface area contributed by atoms with Crippen LogP contribution in [0.3, 0.4) is 0 Å². The molecule has 0 saturated heterocycles. The van der Waals surface area contributed by atoms with Crippen LogP contribution in [0.1, 0.15) is 0 Å². The highest BCUT2D eigenvalue weighted by molar-refractivity contribution is 9.10. The van der Waals surface area contributed by atoms with Gasteiger partial charge in [0.15, 0.2) is 5.75 Å². The Hall–Kier alpha value is -1.81. The lowest BCUT2D eigenvalue weighted by molar-refractivity contribution is 0.424. The maximum atomic E-state index is 9.66. The van der Waals surface area contributed by atoms with Gasteiger partial charge < -0.3 is 9.63 Å². The number of hydrogen-bond donors (Lipinski definition) is 1. The SMILES string of the molecule is Oc1cccc2c(-c3ccccc3Br)noc12. The highest BCUT2D eigenvalue weighted by Crippen LogP contribution is 2.35. The number of hydrogen-bond acceptors (Lipinski definition) is 3. The molecular weight excluding hydrogens is 282 g/mol. The summed E-state index contributed by atoms with van der Waals surface area (Å²) in [5.74, 6) is 0.105. The molecule has 3 rings (SSSR count). The topological polar surface area (TPSA) is 46.3 Å². The van der Waals surface area contributed by atoms with Gasteiger partial charge in [-0.2, -0.15) is 0 Å². The van der Waals surface area contributed by atoms with E-state index in [4.69, 9.17) is 4.52 Å². The summed E-state index contributed by atoms with van der Waals surface area (Å²) in [6.45, 7) is 0. The molecule has 0 amide bonds. The Morgan fingerprint density at radius 3 is 2.71 bits per heavy atom. The second kappa shape index (κ2) is 3.89. The monoisotopic (exact) mass is 289 g/mol. The van der Waals surface area contributed by atoms with Crippen LogP contribution < -0.4 is 0 Å². The quantitative estimate of drug-likeness (QED) is 0.737. The van der Waals surface area contributed by atoms with Crippen molar-refractivity contribution < 1.29 is 9.63 Å². The van der Waals surface area contributed by atoms with Gasteiger partial charge in [0.2, 0.25) is 5.58 Å². The van der Waals surface area contributed by atoms with Gasteiger partial charge in [0.1, 0.15) is 5.69 Å². The Morgan fingerprint density at radius 1 is 1.06 bits per heavy atom. The number of phenols is 1. The normalized spacial score (nSPS) is 10.9. The van der Waals surface area contributed by atoms with Crippen molar-refractivity contribution in [3.63, 3.8) is 0 Å². The third kappa shape index (κ3) is 1.61. The number of nitrogens with zero attached hydrogens (tertiary/aromatic N) is 1. The second-order valence-electron chi connectivity index (χ2n) is 3.66. The van der Waals surface area contributed by atoms with E-state index in [1.54, 1.807) is 12.1 Å². The fourth-order valence-corrected chi connectivity index (χ4v) is 2.27. The highest BCUT2D eigenvalue weighted by Gasteiger charge is 2.14. The Balaban J connectivity index is 2.33. The van der Waals surface area contributed by atoms with Crippen LogP contribution in [0.5, 0.6) is 5.75 Å². The first-order valence-corrected chi connectivity index (χ1v) is 5.89. The number of para-hydroxylation sites is 1. The molecule has 0 bridgehead atoms. The molecule has 84 valence electrons. The van der Waals surface area contributed by atoms with E-state index < -0.39 is 0 Å². The number of fused-ring (bicyclic) bond motifs is 1. The molecule has 0 fully saturated rings. The molecule has 0 saturated carbocycles. The predicted octanol–water partition coefficient (Wildman–Crippen LogP) is 3.96. The van der Waals surface area contributed by atoms with E-state index in [0.29, 0.717) is 5.58 Å². The van der Waals surface area contributed by atoms with Crippen molar-refractivity contribution in [3.05, 3.63) is 46.9 Å². The minimum Gasteiger partial charge on any atom is -0.504 e. The van der Waals surface area contributed by atoms with Gasteiger partial charge >= 0.3 is 0 Å². The zero-order valence-electron chi connectivity index (χ0n) is 8.72. The zero-order chi connectivity index (χ0) is 11.8. The molecule has 1 heterocycles. The summed E-state index contributed by atoms with van der Waals surface area (Å²) in [4.78, 5) is 0. The van der Waals surface area contributed by atoms with Crippen LogP contribution in [0.2, 0.25) is 0 Å². The summed E-state index contributed by atoms with van der Waals surface area (Å²) in [6, 6.07) is 13.0. The van der Waals surface area contributed by atoms with E-state index in [-0.39, 0.29) is 5.75 Å². The fraction of sp³-hybridized carbons (Fsp3) is 0. The number of rotatable bonds is 1. The van der Waals surface area contributed by atoms with Gasteiger partial charge in [-0.1, -0.05) is 45.4 Å². The van der Waals surface area contributed by atoms with Gasteiger partial charge in [-0.15, -0.1) is 0 Å². The summed E-state index contributed by atoms with van der Waals surface area (Å²) in [5, 5.41) is 14.5. The maximum Gasteiger partial charge on any atom is 0.209 e. The second-order valence-corrected chi connectivity index (χ2v) is 4.52. The van der Waals surface area contributed by atoms with Gasteiger partial charge in [-0.25, -0.2) is 0 Å². The first-order valence-electron chi connectivity index (χ1n) is 5.09. The predicted molar refractivity (Wildman–Crippen MR) is 68.8 cm³/mol. The van der Waals surface area contributed by atoms with Crippen LogP contribution in [0.15, 0.2) is 51.5 Å². The van der Waals surface area contributed by atoms with Crippen molar-refractivity contribution in [1.29, 1.82) is 0 Å². The van der Waals surface area contributed by atoms with Crippen molar-refractivity contribution >= 4 is 26.9 Å². The Bertz CT molecular complexity index is 691. The Morgan fingerprint density at radius 2 is 1.88 bits per heavy atom. The lowest BCUT2D eigenvalue weighted by atomic mass is 10.1. The molecule has 1 N–H and O–H groups in total. The van der Waals surface area contributed by atoms with Crippen LogP contribution >= 0.6 is 15.9 Å². The van der Waals surface area contributed by atoms with Gasteiger partial charge in [0, 0.05) is 10.0 Å². The van der Waals surface area contributed by atoms with Crippen molar-refractivity contribution in [2.75, 3.05) is 0 Å². The van der Waals surface area contributed by atoms with Gasteiger partial charge in [-0.05, 0) is 18.2 Å². The van der Waals surface area contributed by atoms with E-state index >= 15 is 0 Å². The van der Waals surface area contributed by atoms with E-state index in [1.165, 1.54) is 0 Å². The summed E-state index contributed by atoms with van der Waals surface area (Å²) in [5.41, 5.74) is 2.08. The van der Waals surface area contributed by atoms with Gasteiger partial charge in [-0.3, -0.25) is 0 Å². The smallest absolute Gasteiger partial charge is 0.209 e. The average Bonchev–Trinajstić information content (AvgIpc) is 2.75. The maximum absolute atomic E-state index is 9.66. The van der Waals surface area contributed by atoms with Crippen LogP contribution in [0.4, 0.5) is 0 Å². The van der Waals surface area contributed by atoms with Crippen LogP contribution in [-0.2, 0) is 0 Å². The van der Waals surface area contributed by atoms with Crippen molar-refractivity contribution in [3.8, 4) is 17.0 Å². The standard InChI is InChI=1S/C13H8BrNO2/c14-10-6-2-1-4-8(10)12-9-5-3-7-11(16)13(9)17-15-12/h1-7,16H. The highest BCUT2D eigenvalue weighted by atomic mass is 79.9. The first-order chi connectivity index (χ1) is 8.27. The molecule has 4 heteroatoms. The fourth-order valence-electron chi connectivity index (χ4n) is 1.80. The average molecular weight is 290 g/mol. The van der Waals surface area contributed by atoms with Crippen molar-refractivity contribution in [2.24, 2.45) is 0 Å². The molecule has 3 nitrogen and oxygen atoms in total. The van der Waals surface area contributed by atoms with E-state index in [1.807, 2.05) is 30.3 Å². The molecule has 0 unspecified atom stereocenters. The molecule has 2 aromatic carbocycles. The molecule has 0 spiro atoms. The van der Waals surface area contributed by atoms with Crippen LogP contribution in [-0.4, -0.2) is 10.3 Å². The Kier molecular flexibility index (Phi) is 2.37. The molecular formula is C13H8BrNO2. The molecule has 0 aliphatic rings. The minimum absolute atomic E-state index is 0.105. The van der Waals surface area contributed by atoms with Crippen molar-refractivity contribution in [1.82, 2.24) is 5.16 Å². The first kappa shape index (κ1) is 10.4. The zero-order valence-corrected chi connectivity index (χ0v) is 10.3. The van der Waals surface area contributed by atoms with Crippen LogP contribution in [0, 0.1) is 0 Å². The van der Waals surface area contributed by atoms with E-state index in [0.717, 1.165) is 21.1 Å². The largest absolute Gasteiger partial charge is 0.504 e. The minimum atomic E-state index is 0.105. The molecule has 17 heavy (non-hydrogen) atoms. The number of aromatic nitrogens is 1. The number of phenolic OH excluding ortho intramolecular Hbond substituents is 1. The summed E-state index contributed by atoms with van der Waals surface area (Å²) in [7, 11) is 0. The lowest BCUT2D eigenvalue weighted by Crippen LogP contribution is -1.79. The third-order valence-electron chi connectivity index (χ3n) is 2.61. The molecule has 0 radical (unpaired) electrons. The van der Waals surface area contributed by atoms with Gasteiger partial charge in [0.25, 0.3) is 0 Å². The molecule has 0 aliphatic carbocycles. The molecule has 0 atom stereocenters. The summed E-state index contributed by atoms with van der Waals surface area (Å²) < 4.78 is 6.11. The number of benzene rings is 2. The molecule has 1 aromatic heterocycles. The van der Waals surface area contributed by atoms with Crippen LogP contribution in [0.25, 0.3) is 22.2 Å². The van der Waals surface area contributed by atoms with E-state index in [9.17, 15) is 5.11 Å². The molecule has 0 aliphatic heterocycles. The lowest BCUT2D eigenvalue weighted by Gasteiger charge is -1.99. The van der Waals surface area contributed by atoms with Crippen molar-refractivity contribution in [2.45, 2.75) is 0 Å². The van der Waals surface area contributed by atoms with E-state index in [2.05, 4.69) is 21.1 Å². The third-order valence-corrected chi connectivity index (χ3v) is 3.30. The number of aromatic hydroxyl groups is 1. The molecule has 3 aromatic rings.